The van der Waals surface area contributed by atoms with Crippen LogP contribution < -0.4 is 5.32 Å². The molecular formula is C23H19NOS. The van der Waals surface area contributed by atoms with Gasteiger partial charge in [0.2, 0.25) is 0 Å². The predicted octanol–water partition coefficient (Wildman–Crippen LogP) is 5.91. The van der Waals surface area contributed by atoms with Crippen molar-refractivity contribution in [1.82, 2.24) is 0 Å². The molecule has 0 fully saturated rings. The van der Waals surface area contributed by atoms with Gasteiger partial charge in [-0.05, 0) is 23.3 Å². The number of hydrogen-bond donors (Lipinski definition) is 1. The normalized spacial score (nSPS) is 17.2. The van der Waals surface area contributed by atoms with Crippen LogP contribution in [0.25, 0.3) is 5.57 Å². The quantitative estimate of drug-likeness (QED) is 0.629. The van der Waals surface area contributed by atoms with Gasteiger partial charge in [0, 0.05) is 17.4 Å². The van der Waals surface area contributed by atoms with Crippen LogP contribution in [0.15, 0.2) is 96.0 Å². The molecule has 2 nitrogen and oxygen atoms in total. The Kier molecular flexibility index (Phi) is 4.89. The molecule has 1 aliphatic rings. The molecule has 1 unspecified atom stereocenters. The fraction of sp³-hybridized carbons (Fsp3) is 0.0870. The summed E-state index contributed by atoms with van der Waals surface area (Å²) >= 11 is 1.73. The maximum atomic E-state index is 13.1. The molecule has 0 amide bonds. The zero-order chi connectivity index (χ0) is 17.8. The van der Waals surface area contributed by atoms with Crippen molar-refractivity contribution in [1.29, 1.82) is 0 Å². The zero-order valence-electron chi connectivity index (χ0n) is 14.3. The standard InChI is InChI=1S/C23H19NOS/c25-20-16-21(17-10-4-1-5-11-17)26-23(24-19-14-8-3-9-15-19)22(20)18-12-6-2-7-13-18/h1-15,21,24H,16H2. The molecule has 0 spiro atoms. The number of hydrogen-bond acceptors (Lipinski definition) is 3. The monoisotopic (exact) mass is 357 g/mol. The Bertz CT molecular complexity index is 920. The fourth-order valence-corrected chi connectivity index (χ4v) is 4.47. The Morgan fingerprint density at radius 1 is 0.769 bits per heavy atom. The number of nitrogens with one attached hydrogen (secondary N) is 1. The number of Topliss-reactive ketones (excluding diaryl/α,β-unsaturated/α-hetero) is 1. The molecule has 0 aliphatic carbocycles. The average Bonchev–Trinajstić information content (AvgIpc) is 2.70. The molecule has 3 aromatic rings. The van der Waals surface area contributed by atoms with Gasteiger partial charge < -0.3 is 5.32 Å². The van der Waals surface area contributed by atoms with Crippen LogP contribution in [0.5, 0.6) is 0 Å². The lowest BCUT2D eigenvalue weighted by Crippen LogP contribution is -2.17. The topological polar surface area (TPSA) is 29.1 Å². The van der Waals surface area contributed by atoms with Gasteiger partial charge in [0.1, 0.15) is 0 Å². The van der Waals surface area contributed by atoms with Crippen molar-refractivity contribution in [2.75, 3.05) is 5.32 Å². The first kappa shape index (κ1) is 16.7. The van der Waals surface area contributed by atoms with Gasteiger partial charge in [-0.25, -0.2) is 0 Å². The van der Waals surface area contributed by atoms with Crippen LogP contribution in [-0.4, -0.2) is 5.78 Å². The van der Waals surface area contributed by atoms with Gasteiger partial charge in [-0.15, -0.1) is 0 Å². The summed E-state index contributed by atoms with van der Waals surface area (Å²) in [6, 6.07) is 30.2. The van der Waals surface area contributed by atoms with E-state index in [9.17, 15) is 4.79 Å². The fourth-order valence-electron chi connectivity index (χ4n) is 3.13. The number of benzene rings is 3. The third kappa shape index (κ3) is 3.58. The van der Waals surface area contributed by atoms with E-state index in [0.717, 1.165) is 21.9 Å². The predicted molar refractivity (Wildman–Crippen MR) is 110 cm³/mol. The van der Waals surface area contributed by atoms with Gasteiger partial charge in [0.15, 0.2) is 5.78 Å². The van der Waals surface area contributed by atoms with Gasteiger partial charge in [-0.1, -0.05) is 90.6 Å². The Morgan fingerprint density at radius 2 is 1.35 bits per heavy atom. The minimum atomic E-state index is 0.127. The SMILES string of the molecule is O=C1CC(c2ccccc2)SC(Nc2ccccc2)=C1c1ccccc1. The van der Waals surface area contributed by atoms with Gasteiger partial charge >= 0.3 is 0 Å². The van der Waals surface area contributed by atoms with E-state index in [0.29, 0.717) is 6.42 Å². The Hall–Kier alpha value is -2.78. The molecule has 4 rings (SSSR count). The highest BCUT2D eigenvalue weighted by Gasteiger charge is 2.30. The van der Waals surface area contributed by atoms with Crippen LogP contribution in [0, 0.1) is 0 Å². The minimum Gasteiger partial charge on any atom is -0.350 e. The van der Waals surface area contributed by atoms with E-state index in [4.69, 9.17) is 0 Å². The number of thioether (sulfide) groups is 1. The summed E-state index contributed by atoms with van der Waals surface area (Å²) in [6.45, 7) is 0. The van der Waals surface area contributed by atoms with Gasteiger partial charge in [-0.2, -0.15) is 0 Å². The van der Waals surface area contributed by atoms with Crippen molar-refractivity contribution in [3.63, 3.8) is 0 Å². The lowest BCUT2D eigenvalue weighted by molar-refractivity contribution is -0.113. The Labute approximate surface area is 158 Å². The van der Waals surface area contributed by atoms with Crippen molar-refractivity contribution in [3.05, 3.63) is 107 Å². The number of para-hydroxylation sites is 1. The highest BCUT2D eigenvalue weighted by atomic mass is 32.2. The zero-order valence-corrected chi connectivity index (χ0v) is 15.1. The molecule has 0 saturated carbocycles. The van der Waals surface area contributed by atoms with Crippen LogP contribution >= 0.6 is 11.8 Å². The van der Waals surface area contributed by atoms with E-state index < -0.39 is 0 Å². The van der Waals surface area contributed by atoms with E-state index in [1.165, 1.54) is 5.56 Å². The van der Waals surface area contributed by atoms with E-state index in [2.05, 4.69) is 17.4 Å². The lowest BCUT2D eigenvalue weighted by Gasteiger charge is -2.27. The number of carbonyl (C=O) groups excluding carboxylic acids is 1. The van der Waals surface area contributed by atoms with Crippen molar-refractivity contribution in [2.24, 2.45) is 0 Å². The van der Waals surface area contributed by atoms with Crippen LogP contribution in [-0.2, 0) is 4.79 Å². The number of ketones is 1. The average molecular weight is 357 g/mol. The summed E-state index contributed by atoms with van der Waals surface area (Å²) in [4.78, 5) is 13.1. The van der Waals surface area contributed by atoms with Crippen molar-refractivity contribution in [2.45, 2.75) is 11.7 Å². The minimum absolute atomic E-state index is 0.127. The molecule has 0 radical (unpaired) electrons. The first-order valence-corrected chi connectivity index (χ1v) is 9.56. The molecule has 1 heterocycles. The van der Waals surface area contributed by atoms with E-state index >= 15 is 0 Å². The summed E-state index contributed by atoms with van der Waals surface area (Å²) in [5.41, 5.74) is 3.93. The number of anilines is 1. The van der Waals surface area contributed by atoms with Gasteiger partial charge in [0.05, 0.1) is 10.6 Å². The highest BCUT2D eigenvalue weighted by molar-refractivity contribution is 8.03. The first-order valence-electron chi connectivity index (χ1n) is 8.68. The number of allylic oxidation sites excluding steroid dienone is 1. The molecule has 3 heteroatoms. The molecule has 0 aromatic heterocycles. The molecule has 1 atom stereocenters. The summed E-state index contributed by atoms with van der Waals surface area (Å²) in [7, 11) is 0. The summed E-state index contributed by atoms with van der Waals surface area (Å²) in [5.74, 6) is 0.183. The summed E-state index contributed by atoms with van der Waals surface area (Å²) in [6.07, 6.45) is 0.513. The van der Waals surface area contributed by atoms with Crippen molar-refractivity contribution < 1.29 is 4.79 Å². The van der Waals surface area contributed by atoms with E-state index in [-0.39, 0.29) is 11.0 Å². The van der Waals surface area contributed by atoms with E-state index in [1.54, 1.807) is 11.8 Å². The maximum Gasteiger partial charge on any atom is 0.167 e. The van der Waals surface area contributed by atoms with Crippen LogP contribution in [0.2, 0.25) is 0 Å². The maximum absolute atomic E-state index is 13.1. The van der Waals surface area contributed by atoms with Gasteiger partial charge in [0.25, 0.3) is 0 Å². The van der Waals surface area contributed by atoms with Crippen molar-refractivity contribution >= 4 is 28.8 Å². The number of rotatable bonds is 4. The second kappa shape index (κ2) is 7.63. The second-order valence-corrected chi connectivity index (χ2v) is 7.42. The van der Waals surface area contributed by atoms with Crippen LogP contribution in [0.3, 0.4) is 0 Å². The molecule has 128 valence electrons. The molecule has 0 saturated heterocycles. The molecule has 1 N–H and O–H groups in total. The molecule has 0 bridgehead atoms. The summed E-state index contributed by atoms with van der Waals surface area (Å²) < 4.78 is 0. The van der Waals surface area contributed by atoms with Crippen LogP contribution in [0.4, 0.5) is 5.69 Å². The second-order valence-electron chi connectivity index (χ2n) is 6.21. The Morgan fingerprint density at radius 3 is 2.00 bits per heavy atom. The number of carbonyl (C=O) groups is 1. The highest BCUT2D eigenvalue weighted by Crippen LogP contribution is 2.46. The largest absolute Gasteiger partial charge is 0.350 e. The first-order chi connectivity index (χ1) is 12.8. The van der Waals surface area contributed by atoms with E-state index in [1.807, 2.05) is 78.9 Å². The molecule has 3 aromatic carbocycles. The third-order valence-corrected chi connectivity index (χ3v) is 5.67. The summed E-state index contributed by atoms with van der Waals surface area (Å²) in [5, 5.41) is 4.53. The van der Waals surface area contributed by atoms with Gasteiger partial charge in [-0.3, -0.25) is 4.79 Å². The molecule has 1 aliphatic heterocycles. The molecule has 26 heavy (non-hydrogen) atoms. The molecular weight excluding hydrogens is 338 g/mol. The lowest BCUT2D eigenvalue weighted by atomic mass is 9.97. The van der Waals surface area contributed by atoms with Crippen LogP contribution in [0.1, 0.15) is 22.8 Å². The van der Waals surface area contributed by atoms with Crippen molar-refractivity contribution in [3.8, 4) is 0 Å². The third-order valence-electron chi connectivity index (χ3n) is 4.40. The Balaban J connectivity index is 1.75. The smallest absolute Gasteiger partial charge is 0.167 e.